The van der Waals surface area contributed by atoms with Crippen LogP contribution in [0.4, 0.5) is 0 Å². The van der Waals surface area contributed by atoms with E-state index in [-0.39, 0.29) is 7.43 Å². The summed E-state index contributed by atoms with van der Waals surface area (Å²) in [5.74, 6) is 2.85. The Morgan fingerprint density at radius 1 is 0.381 bits per heavy atom. The second-order valence-corrected chi connectivity index (χ2v) is 12.4. The zero-order chi connectivity index (χ0) is 31.1. The predicted molar refractivity (Wildman–Crippen MR) is 189 cm³/mol. The normalized spacial score (nSPS) is 10.2. The van der Waals surface area contributed by atoms with E-state index in [0.29, 0.717) is 29.4 Å². The first-order valence-electron chi connectivity index (χ1n) is 15.2. The third-order valence-corrected chi connectivity index (χ3v) is 7.13. The lowest BCUT2D eigenvalue weighted by atomic mass is 10.0. The Morgan fingerprint density at radius 2 is 0.619 bits per heavy atom. The van der Waals surface area contributed by atoms with E-state index in [4.69, 9.17) is 0 Å². The molecule has 42 heavy (non-hydrogen) atoms. The average molecular weight is 569 g/mol. The van der Waals surface area contributed by atoms with Crippen molar-refractivity contribution in [2.45, 2.75) is 114 Å². The average Bonchev–Trinajstić information content (AvgIpc) is 2.92. The molecule has 0 saturated heterocycles. The Bertz CT molecular complexity index is 1120. The van der Waals surface area contributed by atoms with Gasteiger partial charge in [0.15, 0.2) is 0 Å². The fourth-order valence-corrected chi connectivity index (χ4v) is 3.84. The van der Waals surface area contributed by atoms with Crippen molar-refractivity contribution in [3.63, 3.8) is 0 Å². The van der Waals surface area contributed by atoms with E-state index >= 15 is 0 Å². The maximum Gasteiger partial charge on any atom is 0.118 e. The van der Waals surface area contributed by atoms with Crippen LogP contribution in [0, 0.1) is 27.7 Å². The van der Waals surface area contributed by atoms with Crippen molar-refractivity contribution in [1.82, 2.24) is 0 Å². The molecule has 1 heteroatoms. The number of rotatable bonds is 4. The maximum atomic E-state index is 9.35. The number of aryl methyl sites for hydroxylation is 4. The van der Waals surface area contributed by atoms with Crippen molar-refractivity contribution in [3.05, 3.63) is 136 Å². The van der Waals surface area contributed by atoms with E-state index in [1.54, 1.807) is 0 Å². The first kappa shape index (κ1) is 38.7. The highest BCUT2D eigenvalue weighted by atomic mass is 16.3. The molecular weight excluding hydrogens is 508 g/mol. The highest BCUT2D eigenvalue weighted by molar-refractivity contribution is 5.36. The molecule has 0 bridgehead atoms. The number of benzene rings is 4. The van der Waals surface area contributed by atoms with Gasteiger partial charge in [-0.25, -0.2) is 0 Å². The molecule has 1 N–H and O–H groups in total. The summed E-state index contributed by atoms with van der Waals surface area (Å²) in [7, 11) is 0. The van der Waals surface area contributed by atoms with E-state index < -0.39 is 0 Å². The fourth-order valence-electron chi connectivity index (χ4n) is 3.84. The standard InChI is InChI=1S/C10H14O.3C10H14.CH4/c1-7(2)9-5-4-8(3)10(11)6-9;3*1-8(2)10-6-4-9(3)5-7-10;/h4-7,11H,1-3H3;3*4-8H,1-3H3;1H4. The molecule has 0 fully saturated rings. The molecule has 0 aliphatic rings. The lowest BCUT2D eigenvalue weighted by Gasteiger charge is -2.06. The molecule has 230 valence electrons. The van der Waals surface area contributed by atoms with E-state index in [0.717, 1.165) is 5.56 Å². The van der Waals surface area contributed by atoms with Gasteiger partial charge in [0, 0.05) is 0 Å². The topological polar surface area (TPSA) is 20.2 Å². The molecule has 0 radical (unpaired) electrons. The number of hydrogen-bond donors (Lipinski definition) is 1. The largest absolute Gasteiger partial charge is 0.508 e. The smallest absolute Gasteiger partial charge is 0.118 e. The van der Waals surface area contributed by atoms with Gasteiger partial charge < -0.3 is 5.11 Å². The van der Waals surface area contributed by atoms with Crippen molar-refractivity contribution in [1.29, 1.82) is 0 Å². The Balaban J connectivity index is 0.000000530. The summed E-state index contributed by atoms with van der Waals surface area (Å²) in [6, 6.07) is 32.0. The Morgan fingerprint density at radius 3 is 0.833 bits per heavy atom. The molecule has 0 aliphatic carbocycles. The lowest BCUT2D eigenvalue weighted by molar-refractivity contribution is 0.470. The fraction of sp³-hybridized carbons (Fsp3) is 0.415. The highest BCUT2D eigenvalue weighted by Gasteiger charge is 2.01. The van der Waals surface area contributed by atoms with Crippen molar-refractivity contribution < 1.29 is 5.11 Å². The van der Waals surface area contributed by atoms with Crippen molar-refractivity contribution in [2.24, 2.45) is 0 Å². The minimum Gasteiger partial charge on any atom is -0.508 e. The molecule has 4 rings (SSSR count). The molecule has 0 aromatic heterocycles. The minimum atomic E-state index is 0. The molecule has 1 nitrogen and oxygen atoms in total. The van der Waals surface area contributed by atoms with Gasteiger partial charge in [0.1, 0.15) is 5.75 Å². The maximum absolute atomic E-state index is 9.35. The SMILES string of the molecule is C.Cc1ccc(C(C)C)cc1.Cc1ccc(C(C)C)cc1.Cc1ccc(C(C)C)cc1.Cc1ccc(C(C)C)cc1O. The monoisotopic (exact) mass is 568 g/mol. The number of hydrogen-bond acceptors (Lipinski definition) is 1. The third kappa shape index (κ3) is 15.1. The van der Waals surface area contributed by atoms with Gasteiger partial charge in [-0.15, -0.1) is 0 Å². The summed E-state index contributed by atoms with van der Waals surface area (Å²) in [4.78, 5) is 0. The van der Waals surface area contributed by atoms with Gasteiger partial charge in [-0.05, 0) is 85.3 Å². The molecule has 0 heterocycles. The van der Waals surface area contributed by atoms with Gasteiger partial charge >= 0.3 is 0 Å². The lowest BCUT2D eigenvalue weighted by Crippen LogP contribution is -1.86. The summed E-state index contributed by atoms with van der Waals surface area (Å²) in [5, 5.41) is 9.35. The highest BCUT2D eigenvalue weighted by Crippen LogP contribution is 2.22. The van der Waals surface area contributed by atoms with Crippen LogP contribution < -0.4 is 0 Å². The first-order chi connectivity index (χ1) is 19.2. The summed E-state index contributed by atoms with van der Waals surface area (Å²) in [6.45, 7) is 25.8. The van der Waals surface area contributed by atoms with Crippen molar-refractivity contribution >= 4 is 0 Å². The number of phenolic OH excluding ortho intramolecular Hbond substituents is 1. The molecule has 0 amide bonds. The van der Waals surface area contributed by atoms with Gasteiger partial charge in [-0.1, -0.05) is 164 Å². The third-order valence-electron chi connectivity index (χ3n) is 7.13. The van der Waals surface area contributed by atoms with Gasteiger partial charge in [-0.3, -0.25) is 0 Å². The van der Waals surface area contributed by atoms with E-state index in [1.165, 1.54) is 38.9 Å². The van der Waals surface area contributed by atoms with Crippen LogP contribution in [0.2, 0.25) is 0 Å². The Hall–Kier alpha value is -3.32. The van der Waals surface area contributed by atoms with Gasteiger partial charge in [0.25, 0.3) is 0 Å². The molecule has 0 aliphatic heterocycles. The quantitative estimate of drug-likeness (QED) is 0.259. The molecule has 4 aromatic carbocycles. The zero-order valence-corrected chi connectivity index (χ0v) is 27.9. The van der Waals surface area contributed by atoms with E-state index in [2.05, 4.69) is 155 Å². The molecule has 4 aromatic rings. The summed E-state index contributed by atoms with van der Waals surface area (Å²) >= 11 is 0. The van der Waals surface area contributed by atoms with Gasteiger partial charge in [0.2, 0.25) is 0 Å². The van der Waals surface area contributed by atoms with Crippen LogP contribution in [0.3, 0.4) is 0 Å². The van der Waals surface area contributed by atoms with E-state index in [1.807, 2.05) is 19.1 Å². The Kier molecular flexibility index (Phi) is 18.2. The first-order valence-corrected chi connectivity index (χ1v) is 15.2. The van der Waals surface area contributed by atoms with Crippen LogP contribution in [0.5, 0.6) is 5.75 Å². The second-order valence-electron chi connectivity index (χ2n) is 12.4. The molecule has 0 atom stereocenters. The van der Waals surface area contributed by atoms with Crippen LogP contribution in [0.25, 0.3) is 0 Å². The predicted octanol–water partition coefficient (Wildman–Crippen LogP) is 12.8. The van der Waals surface area contributed by atoms with Crippen LogP contribution in [0.1, 0.15) is 131 Å². The second kappa shape index (κ2) is 19.7. The Labute approximate surface area is 260 Å². The van der Waals surface area contributed by atoms with Crippen LogP contribution in [-0.4, -0.2) is 5.11 Å². The van der Waals surface area contributed by atoms with Crippen molar-refractivity contribution in [2.75, 3.05) is 0 Å². The van der Waals surface area contributed by atoms with Crippen LogP contribution in [-0.2, 0) is 0 Å². The molecule has 0 unspecified atom stereocenters. The molecule has 0 spiro atoms. The molecular formula is C41H60O. The van der Waals surface area contributed by atoms with Crippen LogP contribution >= 0.6 is 0 Å². The number of phenols is 1. The van der Waals surface area contributed by atoms with Crippen LogP contribution in [0.15, 0.2) is 91.0 Å². The van der Waals surface area contributed by atoms with Gasteiger partial charge in [-0.2, -0.15) is 0 Å². The van der Waals surface area contributed by atoms with Gasteiger partial charge in [0.05, 0.1) is 0 Å². The zero-order valence-electron chi connectivity index (χ0n) is 27.9. The van der Waals surface area contributed by atoms with E-state index in [9.17, 15) is 5.11 Å². The number of aromatic hydroxyl groups is 1. The summed E-state index contributed by atoms with van der Waals surface area (Å²) in [6.07, 6.45) is 0. The van der Waals surface area contributed by atoms with Crippen molar-refractivity contribution in [3.8, 4) is 5.75 Å². The summed E-state index contributed by atoms with van der Waals surface area (Å²) in [5.41, 5.74) is 10.4. The summed E-state index contributed by atoms with van der Waals surface area (Å²) < 4.78 is 0. The molecule has 0 saturated carbocycles. The minimum absolute atomic E-state index is 0.